The molecule has 1 amide bonds. The molecule has 0 unspecified atom stereocenters. The van der Waals surface area contributed by atoms with Crippen LogP contribution in [0, 0.1) is 5.92 Å². The van der Waals surface area contributed by atoms with Gasteiger partial charge in [-0.15, -0.1) is 22.7 Å². The number of rotatable bonds is 4. The van der Waals surface area contributed by atoms with E-state index in [-0.39, 0.29) is 18.0 Å². The van der Waals surface area contributed by atoms with E-state index in [2.05, 4.69) is 22.4 Å². The van der Waals surface area contributed by atoms with Gasteiger partial charge >= 0.3 is 0 Å². The Kier molecular flexibility index (Phi) is 4.69. The molecule has 0 fully saturated rings. The van der Waals surface area contributed by atoms with Gasteiger partial charge in [0.2, 0.25) is 0 Å². The molecular formula is C18H18N4O2S2. The monoisotopic (exact) mass is 386 g/mol. The van der Waals surface area contributed by atoms with Crippen molar-refractivity contribution in [2.45, 2.75) is 32.7 Å². The van der Waals surface area contributed by atoms with Crippen molar-refractivity contribution in [2.75, 3.05) is 0 Å². The van der Waals surface area contributed by atoms with Crippen LogP contribution in [-0.2, 0) is 24.2 Å². The van der Waals surface area contributed by atoms with Crippen LogP contribution in [0.1, 0.15) is 28.7 Å². The van der Waals surface area contributed by atoms with Crippen LogP contribution in [0.25, 0.3) is 10.2 Å². The highest BCUT2D eigenvalue weighted by atomic mass is 32.1. The van der Waals surface area contributed by atoms with Gasteiger partial charge in [-0.3, -0.25) is 14.2 Å². The Balaban J connectivity index is 1.54. The van der Waals surface area contributed by atoms with Crippen LogP contribution < -0.4 is 11.0 Å². The molecular weight excluding hydrogens is 368 g/mol. The van der Waals surface area contributed by atoms with E-state index in [9.17, 15) is 9.59 Å². The molecule has 0 saturated heterocycles. The first-order valence-electron chi connectivity index (χ1n) is 8.47. The minimum atomic E-state index is -0.348. The Bertz CT molecular complexity index is 1030. The molecule has 0 bridgehead atoms. The number of carbonyl (C=O) groups excluding carboxylic acids is 1. The van der Waals surface area contributed by atoms with Gasteiger partial charge in [0, 0.05) is 9.75 Å². The van der Waals surface area contributed by atoms with Crippen molar-refractivity contribution in [1.82, 2.24) is 15.0 Å². The number of aryl methyl sites for hydroxylation is 1. The Labute approximate surface area is 158 Å². The molecule has 6 nitrogen and oxygen atoms in total. The summed E-state index contributed by atoms with van der Waals surface area (Å²) >= 11 is 3.14. The lowest BCUT2D eigenvalue weighted by Crippen LogP contribution is -2.30. The molecule has 1 N–H and O–H groups in total. The summed E-state index contributed by atoms with van der Waals surface area (Å²) in [5, 5.41) is 6.55. The maximum absolute atomic E-state index is 12.9. The molecule has 0 spiro atoms. The Hall–Kier alpha value is -2.32. The fourth-order valence-corrected chi connectivity index (χ4v) is 5.13. The highest BCUT2D eigenvalue weighted by molar-refractivity contribution is 7.18. The second-order valence-electron chi connectivity index (χ2n) is 6.52. The topological polar surface area (TPSA) is 76.3 Å². The standard InChI is InChI=1S/C18H18N4O2S2/c1-11-4-5-13-14(7-11)26-17-16(13)18(24)22(10-19-17)9-15(23)21-20-8-12-3-2-6-25-12/h2-3,6,8,10-11H,4-5,7,9H2,1H3,(H,21,23)/b20-8-/t11-/m1/s1. The van der Waals surface area contributed by atoms with Gasteiger partial charge in [0.1, 0.15) is 11.4 Å². The number of aromatic nitrogens is 2. The SMILES string of the molecule is C[C@@H]1CCc2c(sc3ncn(CC(=O)N/N=C\c4cccs4)c(=O)c23)C1. The Morgan fingerprint density at radius 3 is 3.23 bits per heavy atom. The zero-order chi connectivity index (χ0) is 18.1. The van der Waals surface area contributed by atoms with E-state index in [1.807, 2.05) is 17.5 Å². The van der Waals surface area contributed by atoms with Crippen LogP contribution in [-0.4, -0.2) is 21.7 Å². The average molecular weight is 387 g/mol. The number of hydrogen-bond acceptors (Lipinski definition) is 6. The molecule has 26 heavy (non-hydrogen) atoms. The lowest BCUT2D eigenvalue weighted by molar-refractivity contribution is -0.121. The number of fused-ring (bicyclic) bond motifs is 3. The summed E-state index contributed by atoms with van der Waals surface area (Å²) in [6.45, 7) is 2.14. The van der Waals surface area contributed by atoms with Crippen molar-refractivity contribution in [3.05, 3.63) is 49.5 Å². The molecule has 0 aromatic carbocycles. The molecule has 1 atom stereocenters. The lowest BCUT2D eigenvalue weighted by Gasteiger charge is -2.17. The van der Waals surface area contributed by atoms with Crippen molar-refractivity contribution < 1.29 is 4.79 Å². The van der Waals surface area contributed by atoms with Crippen LogP contribution in [0.3, 0.4) is 0 Å². The Morgan fingerprint density at radius 1 is 1.54 bits per heavy atom. The minimum Gasteiger partial charge on any atom is -0.289 e. The minimum absolute atomic E-state index is 0.0927. The van der Waals surface area contributed by atoms with Crippen LogP contribution in [0.2, 0.25) is 0 Å². The summed E-state index contributed by atoms with van der Waals surface area (Å²) in [7, 11) is 0. The summed E-state index contributed by atoms with van der Waals surface area (Å²) in [6, 6.07) is 3.82. The highest BCUT2D eigenvalue weighted by Gasteiger charge is 2.23. The number of hydrazone groups is 1. The van der Waals surface area contributed by atoms with Gasteiger partial charge in [-0.1, -0.05) is 13.0 Å². The van der Waals surface area contributed by atoms with E-state index < -0.39 is 0 Å². The Morgan fingerprint density at radius 2 is 2.42 bits per heavy atom. The first-order chi connectivity index (χ1) is 12.6. The van der Waals surface area contributed by atoms with Crippen molar-refractivity contribution in [3.8, 4) is 0 Å². The molecule has 8 heteroatoms. The quantitative estimate of drug-likeness (QED) is 0.553. The van der Waals surface area contributed by atoms with E-state index >= 15 is 0 Å². The van der Waals surface area contributed by atoms with Gasteiger partial charge in [-0.25, -0.2) is 10.4 Å². The molecule has 1 aliphatic carbocycles. The number of nitrogens with zero attached hydrogens (tertiary/aromatic N) is 3. The normalized spacial score (nSPS) is 16.9. The van der Waals surface area contributed by atoms with Crippen molar-refractivity contribution >= 4 is 45.0 Å². The van der Waals surface area contributed by atoms with E-state index in [4.69, 9.17) is 0 Å². The van der Waals surface area contributed by atoms with Gasteiger partial charge in [0.25, 0.3) is 11.5 Å². The molecule has 0 aliphatic heterocycles. The van der Waals surface area contributed by atoms with Gasteiger partial charge < -0.3 is 0 Å². The molecule has 4 rings (SSSR count). The van der Waals surface area contributed by atoms with Crippen molar-refractivity contribution in [1.29, 1.82) is 0 Å². The van der Waals surface area contributed by atoms with Crippen molar-refractivity contribution in [3.63, 3.8) is 0 Å². The predicted molar refractivity (Wildman–Crippen MR) is 105 cm³/mol. The third-order valence-electron chi connectivity index (χ3n) is 4.52. The third kappa shape index (κ3) is 3.34. The van der Waals surface area contributed by atoms with Crippen LogP contribution >= 0.6 is 22.7 Å². The van der Waals surface area contributed by atoms with Gasteiger partial charge in [-0.05, 0) is 42.2 Å². The smallest absolute Gasteiger partial charge is 0.262 e. The van der Waals surface area contributed by atoms with Gasteiger partial charge in [-0.2, -0.15) is 5.10 Å². The number of nitrogens with one attached hydrogen (secondary N) is 1. The molecule has 134 valence electrons. The fraction of sp³-hybridized carbons (Fsp3) is 0.333. The summed E-state index contributed by atoms with van der Waals surface area (Å²) in [6.07, 6.45) is 6.05. The fourth-order valence-electron chi connectivity index (χ4n) is 3.20. The maximum atomic E-state index is 12.9. The van der Waals surface area contributed by atoms with Crippen LogP contribution in [0.4, 0.5) is 0 Å². The average Bonchev–Trinajstić information content (AvgIpc) is 3.24. The molecule has 3 aromatic rings. The second kappa shape index (κ2) is 7.13. The zero-order valence-corrected chi connectivity index (χ0v) is 15.9. The zero-order valence-electron chi connectivity index (χ0n) is 14.3. The summed E-state index contributed by atoms with van der Waals surface area (Å²) < 4.78 is 1.36. The van der Waals surface area contributed by atoms with Gasteiger partial charge in [0.15, 0.2) is 0 Å². The first kappa shape index (κ1) is 17.1. The molecule has 1 aliphatic rings. The number of carbonyl (C=O) groups is 1. The number of thiophene rings is 2. The summed E-state index contributed by atoms with van der Waals surface area (Å²) in [4.78, 5) is 32.4. The predicted octanol–water partition coefficient (Wildman–Crippen LogP) is 2.79. The van der Waals surface area contributed by atoms with E-state index in [0.717, 1.165) is 34.5 Å². The second-order valence-corrected chi connectivity index (χ2v) is 8.58. The first-order valence-corrected chi connectivity index (χ1v) is 10.2. The molecule has 0 radical (unpaired) electrons. The van der Waals surface area contributed by atoms with Crippen LogP contribution in [0.5, 0.6) is 0 Å². The highest BCUT2D eigenvalue weighted by Crippen LogP contribution is 2.35. The third-order valence-corrected chi connectivity index (χ3v) is 6.49. The molecule has 0 saturated carbocycles. The van der Waals surface area contributed by atoms with E-state index in [0.29, 0.717) is 11.3 Å². The summed E-state index contributed by atoms with van der Waals surface area (Å²) in [5.74, 6) is 0.295. The molecule has 3 heterocycles. The summed E-state index contributed by atoms with van der Waals surface area (Å²) in [5.41, 5.74) is 3.45. The van der Waals surface area contributed by atoms with E-state index in [1.54, 1.807) is 17.6 Å². The maximum Gasteiger partial charge on any atom is 0.262 e. The van der Waals surface area contributed by atoms with Crippen LogP contribution in [0.15, 0.2) is 33.7 Å². The lowest BCUT2D eigenvalue weighted by atomic mass is 9.89. The van der Waals surface area contributed by atoms with Gasteiger partial charge in [0.05, 0.1) is 17.9 Å². The van der Waals surface area contributed by atoms with Crippen molar-refractivity contribution in [2.24, 2.45) is 11.0 Å². The van der Waals surface area contributed by atoms with E-state index in [1.165, 1.54) is 27.1 Å². The molecule has 3 aromatic heterocycles. The number of hydrogen-bond donors (Lipinski definition) is 1. The number of amides is 1. The largest absolute Gasteiger partial charge is 0.289 e.